The van der Waals surface area contributed by atoms with Gasteiger partial charge in [0.25, 0.3) is 0 Å². The van der Waals surface area contributed by atoms with Gasteiger partial charge in [0.1, 0.15) is 10.0 Å². The van der Waals surface area contributed by atoms with Crippen molar-refractivity contribution >= 4 is 37.6 Å². The summed E-state index contributed by atoms with van der Waals surface area (Å²) in [4.78, 5) is 3.77. The summed E-state index contributed by atoms with van der Waals surface area (Å²) < 4.78 is 26.7. The second kappa shape index (κ2) is 5.88. The van der Waals surface area contributed by atoms with Crippen LogP contribution in [0.4, 0.5) is 0 Å². The van der Waals surface area contributed by atoms with Crippen molar-refractivity contribution in [3.05, 3.63) is 21.9 Å². The third-order valence-corrected chi connectivity index (χ3v) is 6.18. The molecular weight excluding hydrogens is 368 g/mol. The van der Waals surface area contributed by atoms with Crippen molar-refractivity contribution in [2.45, 2.75) is 36.2 Å². The number of aliphatic hydroxyl groups is 1. The third-order valence-electron chi connectivity index (χ3n) is 3.51. The number of hydrogen-bond acceptors (Lipinski definition) is 4. The van der Waals surface area contributed by atoms with Gasteiger partial charge in [-0.2, -0.15) is 4.31 Å². The quantitative estimate of drug-likeness (QED) is 0.811. The minimum Gasteiger partial charge on any atom is -0.389 e. The largest absolute Gasteiger partial charge is 0.389 e. The van der Waals surface area contributed by atoms with Crippen molar-refractivity contribution < 1.29 is 13.5 Å². The average Bonchev–Trinajstić information content (AvgIpc) is 2.78. The van der Waals surface area contributed by atoms with E-state index in [9.17, 15) is 13.5 Å². The van der Waals surface area contributed by atoms with E-state index < -0.39 is 15.6 Å². The minimum atomic E-state index is -3.77. The first-order chi connectivity index (χ1) is 9.24. The van der Waals surface area contributed by atoms with Gasteiger partial charge in [0.15, 0.2) is 0 Å². The normalized spacial score (nSPS) is 18.6. The number of rotatable bonds is 4. The Kier molecular flexibility index (Phi) is 4.76. The number of likely N-dealkylation sites (N-methyl/N-ethyl adjacent to an activating group) is 1. The summed E-state index contributed by atoms with van der Waals surface area (Å²) >= 11 is 9.06. The zero-order valence-electron chi connectivity index (χ0n) is 11.0. The summed E-state index contributed by atoms with van der Waals surface area (Å²) in [5, 5.41) is 10.3. The summed E-state index contributed by atoms with van der Waals surface area (Å²) in [7, 11) is -2.32. The van der Waals surface area contributed by atoms with Crippen LogP contribution in [0.1, 0.15) is 25.7 Å². The lowest BCUT2D eigenvalue weighted by molar-refractivity contribution is 0.0333. The fourth-order valence-electron chi connectivity index (χ4n) is 2.44. The number of aromatic nitrogens is 1. The fourth-order valence-corrected chi connectivity index (χ4v) is 4.61. The van der Waals surface area contributed by atoms with E-state index in [2.05, 4.69) is 20.9 Å². The number of halogens is 2. The van der Waals surface area contributed by atoms with Crippen molar-refractivity contribution in [2.75, 3.05) is 13.6 Å². The van der Waals surface area contributed by atoms with Crippen molar-refractivity contribution in [1.82, 2.24) is 9.29 Å². The van der Waals surface area contributed by atoms with Crippen LogP contribution in [-0.4, -0.2) is 42.0 Å². The molecule has 20 heavy (non-hydrogen) atoms. The zero-order chi connectivity index (χ0) is 15.0. The molecule has 0 atom stereocenters. The second-order valence-electron chi connectivity index (χ2n) is 5.14. The fraction of sp³-hybridized carbons (Fsp3) is 0.583. The molecule has 0 spiro atoms. The van der Waals surface area contributed by atoms with Gasteiger partial charge in [-0.25, -0.2) is 13.4 Å². The Labute approximate surface area is 132 Å². The molecule has 1 fully saturated rings. The first-order valence-electron chi connectivity index (χ1n) is 6.24. The lowest BCUT2D eigenvalue weighted by Crippen LogP contribution is -2.42. The van der Waals surface area contributed by atoms with E-state index in [0.29, 0.717) is 17.3 Å². The Morgan fingerprint density at radius 1 is 1.50 bits per heavy atom. The standard InChI is InChI=1S/C12H16BrClN2O3S/c1-16(8-12(17)4-2-3-5-12)20(18,19)10-6-9(13)7-15-11(10)14/h6-7,17H,2-5,8H2,1H3. The van der Waals surface area contributed by atoms with E-state index in [1.165, 1.54) is 19.3 Å². The van der Waals surface area contributed by atoms with Crippen molar-refractivity contribution in [2.24, 2.45) is 0 Å². The molecule has 8 heteroatoms. The first kappa shape index (κ1) is 16.2. The topological polar surface area (TPSA) is 70.5 Å². The number of hydrogen-bond donors (Lipinski definition) is 1. The van der Waals surface area contributed by atoms with E-state index in [0.717, 1.165) is 17.1 Å². The Bertz CT molecular complexity index is 603. The molecule has 1 aliphatic carbocycles. The SMILES string of the molecule is CN(CC1(O)CCCC1)S(=O)(=O)c1cc(Br)cnc1Cl. The lowest BCUT2D eigenvalue weighted by Gasteiger charge is -2.28. The van der Waals surface area contributed by atoms with Crippen LogP contribution < -0.4 is 0 Å². The molecule has 1 aliphatic rings. The first-order valence-corrected chi connectivity index (χ1v) is 8.85. The maximum atomic E-state index is 12.5. The summed E-state index contributed by atoms with van der Waals surface area (Å²) in [5.41, 5.74) is -0.937. The highest BCUT2D eigenvalue weighted by Crippen LogP contribution is 2.32. The summed E-state index contributed by atoms with van der Waals surface area (Å²) in [6.45, 7) is 0.0676. The molecule has 1 heterocycles. The molecule has 1 aromatic heterocycles. The van der Waals surface area contributed by atoms with Gasteiger partial charge in [-0.05, 0) is 34.8 Å². The van der Waals surface area contributed by atoms with Crippen LogP contribution in [0.15, 0.2) is 21.6 Å². The Hall–Kier alpha value is -0.210. The van der Waals surface area contributed by atoms with Gasteiger partial charge in [-0.1, -0.05) is 24.4 Å². The minimum absolute atomic E-state index is 0.0577. The molecule has 0 aliphatic heterocycles. The Morgan fingerprint density at radius 2 is 2.10 bits per heavy atom. The molecule has 0 unspecified atom stereocenters. The van der Waals surface area contributed by atoms with Crippen LogP contribution >= 0.6 is 27.5 Å². The van der Waals surface area contributed by atoms with Gasteiger partial charge < -0.3 is 5.11 Å². The maximum absolute atomic E-state index is 12.5. The van der Waals surface area contributed by atoms with E-state index in [4.69, 9.17) is 11.6 Å². The molecule has 1 aromatic rings. The van der Waals surface area contributed by atoms with E-state index in [-0.39, 0.29) is 16.6 Å². The highest BCUT2D eigenvalue weighted by atomic mass is 79.9. The van der Waals surface area contributed by atoms with Crippen molar-refractivity contribution in [1.29, 1.82) is 0 Å². The monoisotopic (exact) mass is 382 g/mol. The number of pyridine rings is 1. The molecule has 5 nitrogen and oxygen atoms in total. The van der Waals surface area contributed by atoms with Crippen LogP contribution in [-0.2, 0) is 10.0 Å². The average molecular weight is 384 g/mol. The predicted molar refractivity (Wildman–Crippen MR) is 80.2 cm³/mol. The van der Waals surface area contributed by atoms with Gasteiger partial charge in [0, 0.05) is 24.3 Å². The van der Waals surface area contributed by atoms with Crippen LogP contribution in [0, 0.1) is 0 Å². The molecule has 0 radical (unpaired) electrons. The molecule has 0 saturated heterocycles. The predicted octanol–water partition coefficient (Wildman–Crippen LogP) is 2.42. The maximum Gasteiger partial charge on any atom is 0.246 e. The molecule has 2 rings (SSSR count). The number of sulfonamides is 1. The zero-order valence-corrected chi connectivity index (χ0v) is 14.2. The van der Waals surface area contributed by atoms with Gasteiger partial charge in [-0.15, -0.1) is 0 Å². The molecular formula is C12H16BrClN2O3S. The van der Waals surface area contributed by atoms with Crippen LogP contribution in [0.3, 0.4) is 0 Å². The van der Waals surface area contributed by atoms with E-state index >= 15 is 0 Å². The van der Waals surface area contributed by atoms with E-state index in [1.54, 1.807) is 0 Å². The molecule has 1 N–H and O–H groups in total. The van der Waals surface area contributed by atoms with Crippen LogP contribution in [0.25, 0.3) is 0 Å². The lowest BCUT2D eigenvalue weighted by atomic mass is 10.0. The van der Waals surface area contributed by atoms with E-state index in [1.807, 2.05) is 0 Å². The summed E-state index contributed by atoms with van der Waals surface area (Å²) in [5.74, 6) is 0. The van der Waals surface area contributed by atoms with Gasteiger partial charge in [0.05, 0.1) is 5.60 Å². The highest BCUT2D eigenvalue weighted by Gasteiger charge is 2.36. The molecule has 1 saturated carbocycles. The van der Waals surface area contributed by atoms with Crippen LogP contribution in [0.5, 0.6) is 0 Å². The van der Waals surface area contributed by atoms with Crippen molar-refractivity contribution in [3.63, 3.8) is 0 Å². The second-order valence-corrected chi connectivity index (χ2v) is 8.42. The third kappa shape index (κ3) is 3.33. The van der Waals surface area contributed by atoms with Crippen molar-refractivity contribution in [3.8, 4) is 0 Å². The Balaban J connectivity index is 2.27. The summed E-state index contributed by atoms with van der Waals surface area (Å²) in [6, 6.07) is 1.42. The van der Waals surface area contributed by atoms with Gasteiger partial charge >= 0.3 is 0 Å². The molecule has 0 bridgehead atoms. The van der Waals surface area contributed by atoms with Gasteiger partial charge in [-0.3, -0.25) is 0 Å². The smallest absolute Gasteiger partial charge is 0.246 e. The summed E-state index contributed by atoms with van der Waals surface area (Å²) in [6.07, 6.45) is 4.52. The Morgan fingerprint density at radius 3 is 2.70 bits per heavy atom. The molecule has 0 aromatic carbocycles. The van der Waals surface area contributed by atoms with Crippen LogP contribution in [0.2, 0.25) is 5.15 Å². The number of nitrogens with zero attached hydrogens (tertiary/aromatic N) is 2. The van der Waals surface area contributed by atoms with Gasteiger partial charge in [0.2, 0.25) is 10.0 Å². The molecule has 0 amide bonds. The highest BCUT2D eigenvalue weighted by molar-refractivity contribution is 9.10. The molecule has 112 valence electrons.